The molecule has 0 saturated carbocycles. The number of nitrogens with zero attached hydrogens (tertiary/aromatic N) is 1. The Bertz CT molecular complexity index is 592. The van der Waals surface area contributed by atoms with Gasteiger partial charge in [0.15, 0.2) is 9.84 Å². The van der Waals surface area contributed by atoms with E-state index in [1.807, 2.05) is 24.3 Å². The summed E-state index contributed by atoms with van der Waals surface area (Å²) in [4.78, 5) is 13.7. The van der Waals surface area contributed by atoms with E-state index in [0.717, 1.165) is 24.1 Å². The van der Waals surface area contributed by atoms with Crippen LogP contribution in [0.5, 0.6) is 0 Å². The largest absolute Gasteiger partial charge is 0.311 e. The molecular weight excluding hydrogens is 262 g/mol. The lowest BCUT2D eigenvalue weighted by atomic mass is 10.0. The Hall–Kier alpha value is -1.62. The maximum Gasteiger partial charge on any atom is 0.242 e. The van der Waals surface area contributed by atoms with Crippen LogP contribution in [-0.2, 0) is 21.1 Å². The van der Waals surface area contributed by atoms with Crippen molar-refractivity contribution in [3.8, 4) is 0 Å². The quantitative estimate of drug-likeness (QED) is 0.786. The highest BCUT2D eigenvalue weighted by Gasteiger charge is 2.25. The Morgan fingerprint density at radius 2 is 2.11 bits per heavy atom. The predicted octanol–water partition coefficient (Wildman–Crippen LogP) is 1.57. The van der Waals surface area contributed by atoms with Gasteiger partial charge in [0.05, 0.1) is 5.75 Å². The molecule has 1 aromatic carbocycles. The molecule has 1 aliphatic heterocycles. The third-order valence-corrected chi connectivity index (χ3v) is 4.56. The number of hydrogen-bond donors (Lipinski definition) is 0. The van der Waals surface area contributed by atoms with Crippen LogP contribution in [0, 0.1) is 0 Å². The van der Waals surface area contributed by atoms with Crippen molar-refractivity contribution in [3.05, 3.63) is 42.5 Å². The van der Waals surface area contributed by atoms with Gasteiger partial charge in [-0.05, 0) is 24.5 Å². The molecule has 0 radical (unpaired) electrons. The van der Waals surface area contributed by atoms with Gasteiger partial charge in [-0.15, -0.1) is 6.58 Å². The summed E-state index contributed by atoms with van der Waals surface area (Å²) in [6.45, 7) is 3.98. The van der Waals surface area contributed by atoms with E-state index >= 15 is 0 Å². The summed E-state index contributed by atoms with van der Waals surface area (Å²) in [6.07, 6.45) is 3.11. The van der Waals surface area contributed by atoms with E-state index in [1.165, 1.54) is 6.08 Å². The number of fused-ring (bicyclic) bond motifs is 1. The Labute approximate surface area is 113 Å². The zero-order chi connectivity index (χ0) is 13.9. The Morgan fingerprint density at radius 1 is 1.37 bits per heavy atom. The van der Waals surface area contributed by atoms with Gasteiger partial charge < -0.3 is 4.90 Å². The van der Waals surface area contributed by atoms with Crippen molar-refractivity contribution in [1.82, 2.24) is 0 Å². The fraction of sp³-hybridized carbons (Fsp3) is 0.357. The molecule has 1 heterocycles. The number of benzene rings is 1. The summed E-state index contributed by atoms with van der Waals surface area (Å²) in [5.41, 5.74) is 1.94. The van der Waals surface area contributed by atoms with E-state index in [1.54, 1.807) is 4.90 Å². The van der Waals surface area contributed by atoms with E-state index in [0.29, 0.717) is 6.54 Å². The molecule has 0 saturated heterocycles. The van der Waals surface area contributed by atoms with Crippen molar-refractivity contribution in [2.24, 2.45) is 0 Å². The molecule has 1 amide bonds. The number of carbonyl (C=O) groups is 1. The van der Waals surface area contributed by atoms with Crippen molar-refractivity contribution in [3.63, 3.8) is 0 Å². The average molecular weight is 279 g/mol. The second-order valence-electron chi connectivity index (χ2n) is 4.62. The van der Waals surface area contributed by atoms with E-state index in [-0.39, 0.29) is 11.7 Å². The van der Waals surface area contributed by atoms with Crippen LogP contribution in [0.4, 0.5) is 5.69 Å². The zero-order valence-electron chi connectivity index (χ0n) is 10.7. The second kappa shape index (κ2) is 5.57. The number of aryl methyl sites for hydroxylation is 1. The number of carbonyl (C=O) groups excluding carboxylic acids is 1. The smallest absolute Gasteiger partial charge is 0.242 e. The molecule has 0 aliphatic carbocycles. The molecule has 0 aromatic heterocycles. The minimum atomic E-state index is -3.39. The SMILES string of the molecule is C=CCS(=O)(=O)CC(=O)N1CCCc2ccccc21. The maximum atomic E-state index is 12.2. The zero-order valence-corrected chi connectivity index (χ0v) is 11.5. The fourth-order valence-corrected chi connectivity index (χ4v) is 3.31. The van der Waals surface area contributed by atoms with Crippen LogP contribution in [0.1, 0.15) is 12.0 Å². The van der Waals surface area contributed by atoms with E-state index in [9.17, 15) is 13.2 Å². The summed E-state index contributed by atoms with van der Waals surface area (Å²) in [5, 5.41) is 0. The first-order valence-electron chi connectivity index (χ1n) is 6.23. The third kappa shape index (κ3) is 3.23. The van der Waals surface area contributed by atoms with Crippen molar-refractivity contribution >= 4 is 21.4 Å². The number of rotatable bonds is 4. The van der Waals surface area contributed by atoms with Gasteiger partial charge in [0.25, 0.3) is 0 Å². The van der Waals surface area contributed by atoms with Gasteiger partial charge in [-0.25, -0.2) is 8.42 Å². The minimum absolute atomic E-state index is 0.159. The van der Waals surface area contributed by atoms with Crippen molar-refractivity contribution in [1.29, 1.82) is 0 Å². The second-order valence-corrected chi connectivity index (χ2v) is 6.73. The van der Waals surface area contributed by atoms with Crippen LogP contribution in [-0.4, -0.2) is 32.4 Å². The first-order valence-corrected chi connectivity index (χ1v) is 8.05. The molecule has 5 heteroatoms. The molecule has 1 aromatic rings. The molecule has 0 bridgehead atoms. The topological polar surface area (TPSA) is 54.5 Å². The number of sulfone groups is 1. The van der Waals surface area contributed by atoms with Crippen LogP contribution < -0.4 is 4.90 Å². The first kappa shape index (κ1) is 13.8. The summed E-state index contributed by atoms with van der Waals surface area (Å²) < 4.78 is 23.4. The summed E-state index contributed by atoms with van der Waals surface area (Å²) in [5.74, 6) is -0.962. The highest BCUT2D eigenvalue weighted by atomic mass is 32.2. The van der Waals surface area contributed by atoms with Crippen LogP contribution in [0.15, 0.2) is 36.9 Å². The maximum absolute atomic E-state index is 12.2. The van der Waals surface area contributed by atoms with Crippen LogP contribution >= 0.6 is 0 Å². The minimum Gasteiger partial charge on any atom is -0.311 e. The van der Waals surface area contributed by atoms with Crippen LogP contribution in [0.2, 0.25) is 0 Å². The van der Waals surface area contributed by atoms with Gasteiger partial charge >= 0.3 is 0 Å². The lowest BCUT2D eigenvalue weighted by molar-refractivity contribution is -0.116. The Balaban J connectivity index is 2.20. The molecule has 0 atom stereocenters. The lowest BCUT2D eigenvalue weighted by Crippen LogP contribution is -2.39. The van der Waals surface area contributed by atoms with Gasteiger partial charge in [0, 0.05) is 12.2 Å². The van der Waals surface area contributed by atoms with E-state index in [4.69, 9.17) is 0 Å². The molecule has 0 spiro atoms. The number of hydrogen-bond acceptors (Lipinski definition) is 3. The molecule has 2 rings (SSSR count). The van der Waals surface area contributed by atoms with Crippen LogP contribution in [0.3, 0.4) is 0 Å². The van der Waals surface area contributed by atoms with Gasteiger partial charge in [0.2, 0.25) is 5.91 Å². The molecule has 4 nitrogen and oxygen atoms in total. The first-order chi connectivity index (χ1) is 9.03. The summed E-state index contributed by atoms with van der Waals surface area (Å²) >= 11 is 0. The van der Waals surface area contributed by atoms with Gasteiger partial charge in [-0.3, -0.25) is 4.79 Å². The van der Waals surface area contributed by atoms with Gasteiger partial charge in [-0.1, -0.05) is 24.3 Å². The van der Waals surface area contributed by atoms with Gasteiger partial charge in [0.1, 0.15) is 5.75 Å². The highest BCUT2D eigenvalue weighted by Crippen LogP contribution is 2.26. The van der Waals surface area contributed by atoms with Crippen LogP contribution in [0.25, 0.3) is 0 Å². The number of para-hydroxylation sites is 1. The standard InChI is InChI=1S/C14H17NO3S/c1-2-10-19(17,18)11-14(16)15-9-5-7-12-6-3-4-8-13(12)15/h2-4,6,8H,1,5,7,9-11H2. The average Bonchev–Trinajstić information content (AvgIpc) is 2.37. The van der Waals surface area contributed by atoms with E-state index in [2.05, 4.69) is 6.58 Å². The molecule has 0 fully saturated rings. The van der Waals surface area contributed by atoms with Crippen molar-refractivity contribution in [2.75, 3.05) is 23.0 Å². The van der Waals surface area contributed by atoms with Gasteiger partial charge in [-0.2, -0.15) is 0 Å². The molecule has 0 unspecified atom stereocenters. The molecular formula is C14H17NO3S. The molecule has 1 aliphatic rings. The van der Waals surface area contributed by atoms with E-state index < -0.39 is 15.6 Å². The third-order valence-electron chi connectivity index (χ3n) is 3.13. The molecule has 102 valence electrons. The summed E-state index contributed by atoms with van der Waals surface area (Å²) in [7, 11) is -3.39. The molecule has 0 N–H and O–H groups in total. The number of anilines is 1. The monoisotopic (exact) mass is 279 g/mol. The summed E-state index contributed by atoms with van der Waals surface area (Å²) in [6, 6.07) is 7.64. The predicted molar refractivity (Wildman–Crippen MR) is 76.0 cm³/mol. The normalized spacial score (nSPS) is 14.8. The lowest BCUT2D eigenvalue weighted by Gasteiger charge is -2.29. The van der Waals surface area contributed by atoms with Crippen molar-refractivity contribution < 1.29 is 13.2 Å². The highest BCUT2D eigenvalue weighted by molar-refractivity contribution is 7.92. The Kier molecular flexibility index (Phi) is 4.04. The Morgan fingerprint density at radius 3 is 2.84 bits per heavy atom. The fourth-order valence-electron chi connectivity index (χ4n) is 2.30. The number of amides is 1. The van der Waals surface area contributed by atoms with Crippen molar-refractivity contribution in [2.45, 2.75) is 12.8 Å². The molecule has 19 heavy (non-hydrogen) atoms.